The zero-order valence-electron chi connectivity index (χ0n) is 16.5. The van der Waals surface area contributed by atoms with Crippen molar-refractivity contribution in [2.24, 2.45) is 0 Å². The van der Waals surface area contributed by atoms with Crippen LogP contribution < -0.4 is 15.6 Å². The monoisotopic (exact) mass is 431 g/mol. The van der Waals surface area contributed by atoms with E-state index in [2.05, 4.69) is 15.2 Å². The lowest BCUT2D eigenvalue weighted by molar-refractivity contribution is -0.119. The van der Waals surface area contributed by atoms with Gasteiger partial charge >= 0.3 is 12.6 Å². The third-order valence-electron chi connectivity index (χ3n) is 4.21. The fourth-order valence-corrected chi connectivity index (χ4v) is 2.90. The topological polar surface area (TPSA) is 99.5 Å². The molecule has 1 amide bonds. The van der Waals surface area contributed by atoms with Crippen molar-refractivity contribution in [1.29, 1.82) is 0 Å². The number of anilines is 1. The summed E-state index contributed by atoms with van der Waals surface area (Å²) in [5.41, 5.74) is -0.427. The van der Waals surface area contributed by atoms with E-state index in [-0.39, 0.29) is 22.7 Å². The third-order valence-corrected chi connectivity index (χ3v) is 4.21. The minimum Gasteiger partial charge on any atom is -0.451 e. The highest BCUT2D eigenvalue weighted by Gasteiger charge is 2.19. The highest BCUT2D eigenvalue weighted by Crippen LogP contribution is 2.25. The van der Waals surface area contributed by atoms with Gasteiger partial charge in [0, 0.05) is 11.9 Å². The van der Waals surface area contributed by atoms with E-state index in [0.29, 0.717) is 23.7 Å². The van der Waals surface area contributed by atoms with E-state index in [4.69, 9.17) is 4.74 Å². The number of hydrogen-bond donors (Lipinski definition) is 1. The van der Waals surface area contributed by atoms with Gasteiger partial charge in [-0.2, -0.15) is 13.9 Å². The molecule has 0 aliphatic carbocycles. The molecular formula is C21H19F2N3O5. The highest BCUT2D eigenvalue weighted by molar-refractivity contribution is 6.03. The maximum atomic E-state index is 12.6. The number of halogens is 2. The van der Waals surface area contributed by atoms with Crippen LogP contribution in [-0.4, -0.2) is 34.9 Å². The van der Waals surface area contributed by atoms with E-state index in [0.717, 1.165) is 0 Å². The number of aromatic nitrogens is 2. The molecule has 0 unspecified atom stereocenters. The lowest BCUT2D eigenvalue weighted by Crippen LogP contribution is -2.27. The first kappa shape index (κ1) is 21.9. The van der Waals surface area contributed by atoms with Crippen LogP contribution in [0, 0.1) is 0 Å². The number of nitrogens with zero attached hydrogens (tertiary/aromatic N) is 2. The van der Waals surface area contributed by atoms with Crippen LogP contribution in [0.5, 0.6) is 5.75 Å². The van der Waals surface area contributed by atoms with Gasteiger partial charge in [0.15, 0.2) is 12.3 Å². The van der Waals surface area contributed by atoms with Gasteiger partial charge in [-0.15, -0.1) is 0 Å². The van der Waals surface area contributed by atoms with Crippen molar-refractivity contribution in [2.75, 3.05) is 11.9 Å². The average molecular weight is 431 g/mol. The van der Waals surface area contributed by atoms with Crippen molar-refractivity contribution in [3.8, 4) is 5.75 Å². The first-order chi connectivity index (χ1) is 14.9. The van der Waals surface area contributed by atoms with E-state index >= 15 is 0 Å². The number of alkyl halides is 2. The minimum absolute atomic E-state index is 0.00363. The molecule has 1 heterocycles. The van der Waals surface area contributed by atoms with Gasteiger partial charge in [0.2, 0.25) is 0 Å². The third kappa shape index (κ3) is 5.21. The second-order valence-electron chi connectivity index (χ2n) is 6.42. The van der Waals surface area contributed by atoms with Crippen LogP contribution in [-0.2, 0) is 16.1 Å². The Morgan fingerprint density at radius 1 is 1.10 bits per heavy atom. The second-order valence-corrected chi connectivity index (χ2v) is 6.42. The number of amides is 1. The Morgan fingerprint density at radius 3 is 2.48 bits per heavy atom. The number of esters is 1. The van der Waals surface area contributed by atoms with Gasteiger partial charge in [-0.1, -0.05) is 37.3 Å². The summed E-state index contributed by atoms with van der Waals surface area (Å²) >= 11 is 0. The molecule has 8 nitrogen and oxygen atoms in total. The largest absolute Gasteiger partial charge is 0.451 e. The molecule has 162 valence electrons. The van der Waals surface area contributed by atoms with Gasteiger partial charge in [-0.3, -0.25) is 9.59 Å². The lowest BCUT2D eigenvalue weighted by atomic mass is 10.1. The predicted octanol–water partition coefficient (Wildman–Crippen LogP) is 3.20. The van der Waals surface area contributed by atoms with E-state index < -0.39 is 25.1 Å². The molecule has 3 rings (SSSR count). The Kier molecular flexibility index (Phi) is 6.91. The van der Waals surface area contributed by atoms with E-state index in [1.165, 1.54) is 28.9 Å². The van der Waals surface area contributed by atoms with Crippen molar-refractivity contribution >= 4 is 28.3 Å². The molecule has 0 aliphatic heterocycles. The number of para-hydroxylation sites is 2. The fraction of sp³-hybridized carbons (Fsp3) is 0.238. The predicted molar refractivity (Wildman–Crippen MR) is 108 cm³/mol. The molecule has 0 atom stereocenters. The number of aryl methyl sites for hydroxylation is 1. The molecule has 2 aromatic carbocycles. The second kappa shape index (κ2) is 9.79. The standard InChI is InChI=1S/C21H19F2N3O5/c1-2-11-26-19(28)14-8-4-3-7-13(14)18(25-26)20(29)30-12-17(27)24-15-9-5-6-10-16(15)31-21(22)23/h3-10,21H,2,11-12H2,1H3,(H,24,27). The number of carbonyl (C=O) groups excluding carboxylic acids is 2. The number of hydrogen-bond acceptors (Lipinski definition) is 6. The first-order valence-corrected chi connectivity index (χ1v) is 9.41. The number of fused-ring (bicyclic) bond motifs is 1. The van der Waals surface area contributed by atoms with Crippen molar-refractivity contribution in [2.45, 2.75) is 26.5 Å². The van der Waals surface area contributed by atoms with Gasteiger partial charge < -0.3 is 14.8 Å². The number of nitrogens with one attached hydrogen (secondary N) is 1. The summed E-state index contributed by atoms with van der Waals surface area (Å²) in [6.07, 6.45) is 0.627. The quantitative estimate of drug-likeness (QED) is 0.550. The number of carbonyl (C=O) groups is 2. The van der Waals surface area contributed by atoms with Crippen molar-refractivity contribution in [3.05, 3.63) is 64.6 Å². The molecular weight excluding hydrogens is 412 g/mol. The molecule has 10 heteroatoms. The van der Waals surface area contributed by atoms with Gasteiger partial charge in [-0.05, 0) is 24.6 Å². The summed E-state index contributed by atoms with van der Waals surface area (Å²) in [7, 11) is 0. The summed E-state index contributed by atoms with van der Waals surface area (Å²) < 4.78 is 35.5. The van der Waals surface area contributed by atoms with Crippen molar-refractivity contribution < 1.29 is 27.8 Å². The van der Waals surface area contributed by atoms with Gasteiger partial charge in [-0.25, -0.2) is 9.48 Å². The number of benzene rings is 2. The Bertz CT molecular complexity index is 1160. The molecule has 1 aromatic heterocycles. The summed E-state index contributed by atoms with van der Waals surface area (Å²) in [5.74, 6) is -1.88. The maximum absolute atomic E-state index is 12.6. The Morgan fingerprint density at radius 2 is 1.77 bits per heavy atom. The van der Waals surface area contributed by atoms with Crippen molar-refractivity contribution in [3.63, 3.8) is 0 Å². The molecule has 3 aromatic rings. The van der Waals surface area contributed by atoms with Crippen LogP contribution in [0.2, 0.25) is 0 Å². The first-order valence-electron chi connectivity index (χ1n) is 9.41. The molecule has 0 bridgehead atoms. The number of ether oxygens (including phenoxy) is 2. The van der Waals surface area contributed by atoms with Crippen LogP contribution in [0.4, 0.5) is 14.5 Å². The molecule has 0 aliphatic rings. The Labute approximate surface area is 175 Å². The van der Waals surface area contributed by atoms with Crippen LogP contribution in [0.3, 0.4) is 0 Å². The van der Waals surface area contributed by atoms with E-state index in [1.807, 2.05) is 6.92 Å². The van der Waals surface area contributed by atoms with Gasteiger partial charge in [0.25, 0.3) is 11.5 Å². The maximum Gasteiger partial charge on any atom is 0.387 e. The zero-order valence-corrected chi connectivity index (χ0v) is 16.5. The summed E-state index contributed by atoms with van der Waals surface area (Å²) in [6, 6.07) is 12.1. The molecule has 1 N–H and O–H groups in total. The zero-order chi connectivity index (χ0) is 22.4. The Balaban J connectivity index is 1.76. The summed E-state index contributed by atoms with van der Waals surface area (Å²) in [5, 5.41) is 7.06. The smallest absolute Gasteiger partial charge is 0.387 e. The molecule has 0 saturated heterocycles. The summed E-state index contributed by atoms with van der Waals surface area (Å²) in [4.78, 5) is 37.2. The van der Waals surface area contributed by atoms with Crippen LogP contribution in [0.1, 0.15) is 23.8 Å². The van der Waals surface area contributed by atoms with Gasteiger partial charge in [0.05, 0.1) is 11.1 Å². The molecule has 31 heavy (non-hydrogen) atoms. The minimum atomic E-state index is -3.06. The Hall–Kier alpha value is -3.82. The van der Waals surface area contributed by atoms with E-state index in [9.17, 15) is 23.2 Å². The van der Waals surface area contributed by atoms with Gasteiger partial charge in [0.1, 0.15) is 5.75 Å². The SMILES string of the molecule is CCCn1nc(C(=O)OCC(=O)Nc2ccccc2OC(F)F)c2ccccc2c1=O. The van der Waals surface area contributed by atoms with Crippen LogP contribution >= 0.6 is 0 Å². The van der Waals surface area contributed by atoms with Crippen molar-refractivity contribution in [1.82, 2.24) is 9.78 Å². The molecule has 0 fully saturated rings. The molecule has 0 spiro atoms. The summed E-state index contributed by atoms with van der Waals surface area (Å²) in [6.45, 7) is -1.58. The fourth-order valence-electron chi connectivity index (χ4n) is 2.90. The highest BCUT2D eigenvalue weighted by atomic mass is 19.3. The average Bonchev–Trinajstić information content (AvgIpc) is 2.75. The molecule has 0 radical (unpaired) electrons. The van der Waals surface area contributed by atoms with Crippen LogP contribution in [0.25, 0.3) is 10.8 Å². The van der Waals surface area contributed by atoms with Crippen LogP contribution in [0.15, 0.2) is 53.3 Å². The van der Waals surface area contributed by atoms with E-state index in [1.54, 1.807) is 24.3 Å². The normalized spacial score (nSPS) is 10.8. The number of rotatable bonds is 8. The molecule has 0 saturated carbocycles. The lowest BCUT2D eigenvalue weighted by Gasteiger charge is -2.12.